The molecule has 0 aliphatic heterocycles. The molecule has 0 bridgehead atoms. The number of hydrogen-bond donors (Lipinski definition) is 0. The van der Waals surface area contributed by atoms with Crippen molar-refractivity contribution in [2.45, 2.75) is 12.1 Å². The second kappa shape index (κ2) is 8.36. The highest BCUT2D eigenvalue weighted by Gasteiger charge is 2.20. The minimum absolute atomic E-state index is 0.0107. The zero-order valence-electron chi connectivity index (χ0n) is 16.0. The van der Waals surface area contributed by atoms with Crippen LogP contribution >= 0.6 is 11.8 Å². The topological polar surface area (TPSA) is 70.2 Å². The number of ketones is 1. The van der Waals surface area contributed by atoms with Crippen LogP contribution in [-0.2, 0) is 0 Å². The van der Waals surface area contributed by atoms with E-state index < -0.39 is 0 Å². The van der Waals surface area contributed by atoms with Crippen molar-refractivity contribution in [2.24, 2.45) is 0 Å². The lowest BCUT2D eigenvalue weighted by atomic mass is 10.1. The van der Waals surface area contributed by atoms with Crippen molar-refractivity contribution in [1.29, 1.82) is 0 Å². The van der Waals surface area contributed by atoms with Crippen LogP contribution in [0.4, 0.5) is 0 Å². The molecular weight excluding hydrogens is 386 g/mol. The van der Waals surface area contributed by atoms with E-state index in [1.807, 2.05) is 47.9 Å². The summed E-state index contributed by atoms with van der Waals surface area (Å²) in [5.41, 5.74) is 2.65. The Morgan fingerprint density at radius 2 is 1.86 bits per heavy atom. The van der Waals surface area contributed by atoms with E-state index in [9.17, 15) is 4.79 Å². The average Bonchev–Trinajstić information content (AvgIpc) is 3.42. The van der Waals surface area contributed by atoms with E-state index in [1.165, 1.54) is 11.8 Å². The predicted octanol–water partition coefficient (Wildman–Crippen LogP) is 4.82. The number of aromatic nitrogens is 3. The summed E-state index contributed by atoms with van der Waals surface area (Å²) in [5, 5.41) is 9.28. The van der Waals surface area contributed by atoms with Crippen LogP contribution in [0.2, 0.25) is 0 Å². The van der Waals surface area contributed by atoms with Crippen molar-refractivity contribution in [2.75, 3.05) is 12.9 Å². The molecule has 2 aromatic heterocycles. The SMILES string of the molecule is COc1ccc(C(=O)CSc2nnc(-c3ccco3)n2-c2ccccc2C)cc1. The van der Waals surface area contributed by atoms with Gasteiger partial charge in [0.15, 0.2) is 16.7 Å². The van der Waals surface area contributed by atoms with Gasteiger partial charge in [0, 0.05) is 5.56 Å². The Balaban J connectivity index is 1.63. The number of methoxy groups -OCH3 is 1. The van der Waals surface area contributed by atoms with Crippen LogP contribution < -0.4 is 4.74 Å². The molecule has 6 nitrogen and oxygen atoms in total. The molecule has 0 aliphatic carbocycles. The van der Waals surface area contributed by atoms with Crippen molar-refractivity contribution in [3.63, 3.8) is 0 Å². The van der Waals surface area contributed by atoms with E-state index in [4.69, 9.17) is 9.15 Å². The summed E-state index contributed by atoms with van der Waals surface area (Å²) >= 11 is 1.35. The van der Waals surface area contributed by atoms with Crippen LogP contribution in [0, 0.1) is 6.92 Å². The van der Waals surface area contributed by atoms with Gasteiger partial charge < -0.3 is 9.15 Å². The van der Waals surface area contributed by atoms with Crippen LogP contribution in [0.5, 0.6) is 5.75 Å². The third-order valence-electron chi connectivity index (χ3n) is 4.48. The van der Waals surface area contributed by atoms with Gasteiger partial charge in [-0.2, -0.15) is 0 Å². The molecule has 0 saturated heterocycles. The molecule has 0 amide bonds. The first-order valence-electron chi connectivity index (χ1n) is 9.02. The van der Waals surface area contributed by atoms with Crippen LogP contribution in [0.1, 0.15) is 15.9 Å². The number of benzene rings is 2. The monoisotopic (exact) mass is 405 g/mol. The number of para-hydroxylation sites is 1. The molecule has 4 aromatic rings. The quantitative estimate of drug-likeness (QED) is 0.324. The van der Waals surface area contributed by atoms with Gasteiger partial charge in [0.05, 0.1) is 24.8 Å². The molecule has 0 atom stereocenters. The van der Waals surface area contributed by atoms with E-state index in [2.05, 4.69) is 10.2 Å². The molecule has 0 saturated carbocycles. The highest BCUT2D eigenvalue weighted by molar-refractivity contribution is 7.99. The van der Waals surface area contributed by atoms with E-state index in [0.29, 0.717) is 22.3 Å². The van der Waals surface area contributed by atoms with Crippen molar-refractivity contribution in [3.05, 3.63) is 78.1 Å². The number of carbonyl (C=O) groups is 1. The Morgan fingerprint density at radius 1 is 1.07 bits per heavy atom. The van der Waals surface area contributed by atoms with Gasteiger partial charge in [-0.25, -0.2) is 0 Å². The van der Waals surface area contributed by atoms with Crippen LogP contribution in [-0.4, -0.2) is 33.4 Å². The second-order valence-corrected chi connectivity index (χ2v) is 7.29. The van der Waals surface area contributed by atoms with Gasteiger partial charge in [-0.3, -0.25) is 9.36 Å². The largest absolute Gasteiger partial charge is 0.497 e. The number of thioether (sulfide) groups is 1. The van der Waals surface area contributed by atoms with Gasteiger partial charge in [0.25, 0.3) is 0 Å². The first-order chi connectivity index (χ1) is 14.2. The lowest BCUT2D eigenvalue weighted by Crippen LogP contribution is -2.05. The van der Waals surface area contributed by atoms with E-state index in [-0.39, 0.29) is 11.5 Å². The Bertz CT molecular complexity index is 1120. The number of Topliss-reactive ketones (excluding diaryl/α,β-unsaturated/α-hetero) is 1. The van der Waals surface area contributed by atoms with E-state index in [1.54, 1.807) is 37.6 Å². The number of aryl methyl sites for hydroxylation is 1. The zero-order valence-corrected chi connectivity index (χ0v) is 16.8. The lowest BCUT2D eigenvalue weighted by molar-refractivity contribution is 0.102. The summed E-state index contributed by atoms with van der Waals surface area (Å²) in [6, 6.07) is 18.7. The smallest absolute Gasteiger partial charge is 0.205 e. The van der Waals surface area contributed by atoms with Gasteiger partial charge >= 0.3 is 0 Å². The van der Waals surface area contributed by atoms with E-state index >= 15 is 0 Å². The molecule has 7 heteroatoms. The Kier molecular flexibility index (Phi) is 5.48. The minimum atomic E-state index is 0.0107. The van der Waals surface area contributed by atoms with Crippen molar-refractivity contribution < 1.29 is 13.9 Å². The van der Waals surface area contributed by atoms with Gasteiger partial charge in [0.2, 0.25) is 5.82 Å². The van der Waals surface area contributed by atoms with Gasteiger partial charge in [-0.15, -0.1) is 10.2 Å². The third-order valence-corrected chi connectivity index (χ3v) is 5.40. The van der Waals surface area contributed by atoms with Gasteiger partial charge in [-0.1, -0.05) is 30.0 Å². The molecule has 0 N–H and O–H groups in total. The summed E-state index contributed by atoms with van der Waals surface area (Å²) in [4.78, 5) is 12.6. The molecule has 2 heterocycles. The Hall–Kier alpha value is -3.32. The molecule has 0 aliphatic rings. The first-order valence-corrected chi connectivity index (χ1v) is 10.0. The van der Waals surface area contributed by atoms with Gasteiger partial charge in [-0.05, 0) is 55.0 Å². The van der Waals surface area contributed by atoms with E-state index in [0.717, 1.165) is 17.0 Å². The molecule has 4 rings (SSSR count). The van der Waals surface area contributed by atoms with Crippen molar-refractivity contribution >= 4 is 17.5 Å². The molecule has 0 unspecified atom stereocenters. The summed E-state index contributed by atoms with van der Waals surface area (Å²) in [7, 11) is 1.60. The summed E-state index contributed by atoms with van der Waals surface area (Å²) in [6.07, 6.45) is 1.60. The fraction of sp³-hybridized carbons (Fsp3) is 0.136. The molecule has 0 spiro atoms. The molecule has 0 radical (unpaired) electrons. The minimum Gasteiger partial charge on any atom is -0.497 e. The Morgan fingerprint density at radius 3 is 2.55 bits per heavy atom. The third kappa shape index (κ3) is 3.95. The maximum atomic E-state index is 12.6. The predicted molar refractivity (Wildman–Crippen MR) is 112 cm³/mol. The van der Waals surface area contributed by atoms with Crippen LogP contribution in [0.25, 0.3) is 17.3 Å². The highest BCUT2D eigenvalue weighted by Crippen LogP contribution is 2.30. The number of furan rings is 1. The number of carbonyl (C=O) groups excluding carboxylic acids is 1. The molecule has 146 valence electrons. The molecule has 0 fully saturated rings. The first kappa shape index (κ1) is 19.0. The average molecular weight is 405 g/mol. The highest BCUT2D eigenvalue weighted by atomic mass is 32.2. The molecular formula is C22H19N3O3S. The van der Waals surface area contributed by atoms with Crippen LogP contribution in [0.3, 0.4) is 0 Å². The summed E-state index contributed by atoms with van der Waals surface area (Å²) in [5.74, 6) is 2.19. The Labute approximate surface area is 172 Å². The zero-order chi connectivity index (χ0) is 20.2. The fourth-order valence-electron chi connectivity index (χ4n) is 2.95. The molecule has 29 heavy (non-hydrogen) atoms. The van der Waals surface area contributed by atoms with Crippen molar-refractivity contribution in [1.82, 2.24) is 14.8 Å². The number of rotatable bonds is 7. The lowest BCUT2D eigenvalue weighted by Gasteiger charge is -2.11. The standard InChI is InChI=1S/C22H19N3O3S/c1-15-6-3-4-7-18(15)25-21(20-8-5-13-28-20)23-24-22(25)29-14-19(26)16-9-11-17(27-2)12-10-16/h3-13H,14H2,1-2H3. The number of ether oxygens (including phenoxy) is 1. The number of hydrogen-bond acceptors (Lipinski definition) is 6. The summed E-state index contributed by atoms with van der Waals surface area (Å²) in [6.45, 7) is 2.03. The number of nitrogens with zero attached hydrogens (tertiary/aromatic N) is 3. The maximum Gasteiger partial charge on any atom is 0.205 e. The molecule has 2 aromatic carbocycles. The summed E-state index contributed by atoms with van der Waals surface area (Å²) < 4.78 is 12.6. The normalized spacial score (nSPS) is 10.8. The second-order valence-electron chi connectivity index (χ2n) is 6.35. The van der Waals surface area contributed by atoms with Gasteiger partial charge in [0.1, 0.15) is 5.75 Å². The fourth-order valence-corrected chi connectivity index (χ4v) is 3.79. The van der Waals surface area contributed by atoms with Crippen LogP contribution in [0.15, 0.2) is 76.5 Å². The maximum absolute atomic E-state index is 12.6. The van der Waals surface area contributed by atoms with Crippen molar-refractivity contribution in [3.8, 4) is 23.0 Å².